The van der Waals surface area contributed by atoms with Crippen molar-refractivity contribution in [2.75, 3.05) is 38.8 Å². The molecule has 2 aromatic carbocycles. The molecule has 5 nitrogen and oxygen atoms in total. The molecule has 1 aliphatic rings. The van der Waals surface area contributed by atoms with Crippen molar-refractivity contribution in [1.29, 1.82) is 0 Å². The number of hydrogen-bond acceptors (Lipinski definition) is 4. The molecule has 1 heterocycles. The van der Waals surface area contributed by atoms with Crippen molar-refractivity contribution in [3.63, 3.8) is 0 Å². The normalized spacial score (nSPS) is 16.9. The van der Waals surface area contributed by atoms with Gasteiger partial charge in [-0.05, 0) is 56.6 Å². The van der Waals surface area contributed by atoms with E-state index in [0.717, 1.165) is 42.1 Å². The van der Waals surface area contributed by atoms with Crippen molar-refractivity contribution in [2.45, 2.75) is 25.8 Å². The molecule has 1 fully saturated rings. The summed E-state index contributed by atoms with van der Waals surface area (Å²) in [6, 6.07) is 15.9. The summed E-state index contributed by atoms with van der Waals surface area (Å²) in [5.41, 5.74) is 2.03. The van der Waals surface area contributed by atoms with Crippen LogP contribution in [0.1, 0.15) is 31.4 Å². The zero-order valence-corrected chi connectivity index (χ0v) is 16.4. The monoisotopic (exact) mass is 368 g/mol. The van der Waals surface area contributed by atoms with Crippen molar-refractivity contribution in [1.82, 2.24) is 4.90 Å². The third-order valence-corrected chi connectivity index (χ3v) is 5.18. The highest BCUT2D eigenvalue weighted by atomic mass is 16.5. The quantitative estimate of drug-likeness (QED) is 0.743. The third kappa shape index (κ3) is 4.25. The van der Waals surface area contributed by atoms with E-state index in [9.17, 15) is 4.79 Å². The van der Waals surface area contributed by atoms with Crippen LogP contribution in [-0.4, -0.2) is 44.7 Å². The molecule has 0 aliphatic carbocycles. The number of anilines is 1. The first-order chi connectivity index (χ1) is 13.2. The Morgan fingerprint density at radius 3 is 2.59 bits per heavy atom. The Morgan fingerprint density at radius 2 is 1.93 bits per heavy atom. The van der Waals surface area contributed by atoms with E-state index < -0.39 is 0 Å². The van der Waals surface area contributed by atoms with Gasteiger partial charge in [-0.25, -0.2) is 0 Å². The number of carbonyl (C=O) groups excluding carboxylic acids is 1. The lowest BCUT2D eigenvalue weighted by Gasteiger charge is -2.29. The van der Waals surface area contributed by atoms with Crippen LogP contribution in [-0.2, 0) is 4.79 Å². The van der Waals surface area contributed by atoms with Crippen molar-refractivity contribution in [3.8, 4) is 11.5 Å². The van der Waals surface area contributed by atoms with E-state index in [1.807, 2.05) is 60.4 Å². The Balaban J connectivity index is 1.80. The molecule has 5 heteroatoms. The average Bonchev–Trinajstić information content (AvgIpc) is 3.16. The molecule has 27 heavy (non-hydrogen) atoms. The van der Waals surface area contributed by atoms with E-state index in [1.54, 1.807) is 14.2 Å². The van der Waals surface area contributed by atoms with Crippen LogP contribution in [0.25, 0.3) is 0 Å². The SMILES string of the molecule is CCN(C(=O)CN1CCC[C@H]1c1cc(OC)ccc1OC)c1ccccc1. The van der Waals surface area contributed by atoms with Gasteiger partial charge in [-0.2, -0.15) is 0 Å². The topological polar surface area (TPSA) is 42.0 Å². The van der Waals surface area contributed by atoms with E-state index in [0.29, 0.717) is 13.1 Å². The number of hydrogen-bond donors (Lipinski definition) is 0. The molecule has 3 rings (SSSR count). The molecule has 0 N–H and O–H groups in total. The van der Waals surface area contributed by atoms with Gasteiger partial charge in [0.2, 0.25) is 5.91 Å². The molecule has 1 saturated heterocycles. The maximum atomic E-state index is 13.0. The molecular formula is C22H28N2O3. The lowest BCUT2D eigenvalue weighted by atomic mass is 10.0. The van der Waals surface area contributed by atoms with Gasteiger partial charge in [0.15, 0.2) is 0 Å². The summed E-state index contributed by atoms with van der Waals surface area (Å²) in [6.45, 7) is 3.97. The first kappa shape index (κ1) is 19.2. The van der Waals surface area contributed by atoms with Gasteiger partial charge < -0.3 is 14.4 Å². The summed E-state index contributed by atoms with van der Waals surface area (Å²) in [7, 11) is 3.35. The zero-order chi connectivity index (χ0) is 19.2. The smallest absolute Gasteiger partial charge is 0.241 e. The highest BCUT2D eigenvalue weighted by Crippen LogP contribution is 2.38. The molecule has 0 spiro atoms. The Kier molecular flexibility index (Phi) is 6.35. The first-order valence-corrected chi connectivity index (χ1v) is 9.49. The van der Waals surface area contributed by atoms with Gasteiger partial charge in [-0.1, -0.05) is 18.2 Å². The standard InChI is InChI=1S/C22H28N2O3/c1-4-24(17-9-6-5-7-10-17)22(25)16-23-14-8-11-20(23)19-15-18(26-2)12-13-21(19)27-3/h5-7,9-10,12-13,15,20H,4,8,11,14,16H2,1-3H3/t20-/m0/s1. The molecule has 1 atom stereocenters. The van der Waals surface area contributed by atoms with Crippen LogP contribution in [0.4, 0.5) is 5.69 Å². The molecule has 1 aliphatic heterocycles. The number of carbonyl (C=O) groups is 1. The predicted molar refractivity (Wildman–Crippen MR) is 108 cm³/mol. The molecular weight excluding hydrogens is 340 g/mol. The molecule has 0 aromatic heterocycles. The number of amides is 1. The minimum absolute atomic E-state index is 0.123. The van der Waals surface area contributed by atoms with E-state index in [2.05, 4.69) is 4.90 Å². The fourth-order valence-electron chi connectivity index (χ4n) is 3.84. The number of benzene rings is 2. The number of methoxy groups -OCH3 is 2. The van der Waals surface area contributed by atoms with Crippen LogP contribution >= 0.6 is 0 Å². The number of rotatable bonds is 7. The largest absolute Gasteiger partial charge is 0.497 e. The number of nitrogens with zero attached hydrogens (tertiary/aromatic N) is 2. The van der Waals surface area contributed by atoms with Crippen molar-refractivity contribution < 1.29 is 14.3 Å². The summed E-state index contributed by atoms with van der Waals surface area (Å²) in [5.74, 6) is 1.77. The second-order valence-electron chi connectivity index (χ2n) is 6.71. The van der Waals surface area contributed by atoms with Gasteiger partial charge in [0.1, 0.15) is 11.5 Å². The number of para-hydroxylation sites is 1. The van der Waals surface area contributed by atoms with Gasteiger partial charge in [0.05, 0.1) is 20.8 Å². The van der Waals surface area contributed by atoms with E-state index in [1.165, 1.54) is 0 Å². The van der Waals surface area contributed by atoms with Gasteiger partial charge in [0.25, 0.3) is 0 Å². The molecule has 1 amide bonds. The lowest BCUT2D eigenvalue weighted by molar-refractivity contribution is -0.119. The first-order valence-electron chi connectivity index (χ1n) is 9.49. The van der Waals surface area contributed by atoms with Crippen LogP contribution in [0, 0.1) is 0 Å². The molecule has 0 saturated carbocycles. The van der Waals surface area contributed by atoms with Crippen LogP contribution in [0.3, 0.4) is 0 Å². The Hall–Kier alpha value is -2.53. The van der Waals surface area contributed by atoms with E-state index >= 15 is 0 Å². The Morgan fingerprint density at radius 1 is 1.15 bits per heavy atom. The second-order valence-corrected chi connectivity index (χ2v) is 6.71. The summed E-state index contributed by atoms with van der Waals surface area (Å²) in [5, 5.41) is 0. The fourth-order valence-corrected chi connectivity index (χ4v) is 3.84. The maximum Gasteiger partial charge on any atom is 0.241 e. The molecule has 2 aromatic rings. The van der Waals surface area contributed by atoms with Gasteiger partial charge in [-0.15, -0.1) is 0 Å². The molecule has 144 valence electrons. The number of likely N-dealkylation sites (N-methyl/N-ethyl adjacent to an activating group) is 1. The van der Waals surface area contributed by atoms with Crippen LogP contribution < -0.4 is 14.4 Å². The molecule has 0 bridgehead atoms. The highest BCUT2D eigenvalue weighted by Gasteiger charge is 2.31. The Labute approximate surface area is 161 Å². The van der Waals surface area contributed by atoms with Crippen LogP contribution in [0.2, 0.25) is 0 Å². The lowest BCUT2D eigenvalue weighted by Crippen LogP contribution is -2.40. The fraction of sp³-hybridized carbons (Fsp3) is 0.409. The van der Waals surface area contributed by atoms with Gasteiger partial charge >= 0.3 is 0 Å². The predicted octanol–water partition coefficient (Wildman–Crippen LogP) is 3.89. The summed E-state index contributed by atoms with van der Waals surface area (Å²) in [6.07, 6.45) is 2.07. The van der Waals surface area contributed by atoms with Crippen molar-refractivity contribution in [2.24, 2.45) is 0 Å². The molecule has 0 unspecified atom stereocenters. The summed E-state index contributed by atoms with van der Waals surface area (Å²) >= 11 is 0. The van der Waals surface area contributed by atoms with Gasteiger partial charge in [0, 0.05) is 23.8 Å². The zero-order valence-electron chi connectivity index (χ0n) is 16.4. The minimum Gasteiger partial charge on any atom is -0.497 e. The van der Waals surface area contributed by atoms with E-state index in [4.69, 9.17) is 9.47 Å². The highest BCUT2D eigenvalue weighted by molar-refractivity contribution is 5.94. The third-order valence-electron chi connectivity index (χ3n) is 5.18. The summed E-state index contributed by atoms with van der Waals surface area (Å²) in [4.78, 5) is 17.1. The minimum atomic E-state index is 0.123. The van der Waals surface area contributed by atoms with Crippen molar-refractivity contribution >= 4 is 11.6 Å². The molecule has 0 radical (unpaired) electrons. The summed E-state index contributed by atoms with van der Waals surface area (Å²) < 4.78 is 11.0. The Bertz CT molecular complexity index is 763. The maximum absolute atomic E-state index is 13.0. The number of ether oxygens (including phenoxy) is 2. The van der Waals surface area contributed by atoms with E-state index in [-0.39, 0.29) is 11.9 Å². The second kappa shape index (κ2) is 8.91. The van der Waals surface area contributed by atoms with Crippen LogP contribution in [0.15, 0.2) is 48.5 Å². The number of likely N-dealkylation sites (tertiary alicyclic amines) is 1. The van der Waals surface area contributed by atoms with Gasteiger partial charge in [-0.3, -0.25) is 9.69 Å². The average molecular weight is 368 g/mol. The van der Waals surface area contributed by atoms with Crippen molar-refractivity contribution in [3.05, 3.63) is 54.1 Å². The van der Waals surface area contributed by atoms with Crippen LogP contribution in [0.5, 0.6) is 11.5 Å².